The van der Waals surface area contributed by atoms with Crippen molar-refractivity contribution in [2.24, 2.45) is 5.92 Å². The molecule has 4 heteroatoms. The smallest absolute Gasteiger partial charge is 0.119 e. The van der Waals surface area contributed by atoms with Crippen LogP contribution in [0.25, 0.3) is 0 Å². The number of halogens is 1. The second-order valence-corrected chi connectivity index (χ2v) is 6.02. The highest BCUT2D eigenvalue weighted by Gasteiger charge is 2.33. The molecular weight excluding hydrogens is 304 g/mol. The molecule has 0 amide bonds. The first-order valence-electron chi connectivity index (χ1n) is 6.91. The molecule has 1 fully saturated rings. The topological polar surface area (TPSA) is 24.5 Å². The molecule has 106 valence electrons. The van der Waals surface area contributed by atoms with Crippen molar-refractivity contribution in [3.63, 3.8) is 0 Å². The molecular formula is C15H23BrN2O. The zero-order chi connectivity index (χ0) is 13.8. The average molecular weight is 327 g/mol. The first kappa shape index (κ1) is 14.8. The number of rotatable bonds is 5. The molecule has 1 N–H and O–H groups in total. The van der Waals surface area contributed by atoms with Gasteiger partial charge in [0, 0.05) is 10.5 Å². The Kier molecular flexibility index (Phi) is 5.25. The summed E-state index contributed by atoms with van der Waals surface area (Å²) in [6.45, 7) is 5.43. The SMILES string of the molecule is CCNCC1CCN(C)C1c1cc(OC)ccc1Br. The van der Waals surface area contributed by atoms with Crippen LogP contribution in [0.2, 0.25) is 0 Å². The number of likely N-dealkylation sites (tertiary alicyclic amines) is 1. The quantitative estimate of drug-likeness (QED) is 0.900. The molecule has 0 radical (unpaired) electrons. The summed E-state index contributed by atoms with van der Waals surface area (Å²) < 4.78 is 6.54. The van der Waals surface area contributed by atoms with Crippen LogP contribution >= 0.6 is 15.9 Å². The maximum atomic E-state index is 5.37. The Morgan fingerprint density at radius 2 is 2.26 bits per heavy atom. The number of benzene rings is 1. The van der Waals surface area contributed by atoms with Crippen LogP contribution in [0.3, 0.4) is 0 Å². The standard InChI is InChI=1S/C15H23BrN2O/c1-4-17-10-11-7-8-18(2)15(11)13-9-12(19-3)5-6-14(13)16/h5-6,9,11,15,17H,4,7-8,10H2,1-3H3. The lowest BCUT2D eigenvalue weighted by Gasteiger charge is -2.27. The highest BCUT2D eigenvalue weighted by molar-refractivity contribution is 9.10. The molecule has 0 aromatic heterocycles. The van der Waals surface area contributed by atoms with Crippen molar-refractivity contribution in [3.05, 3.63) is 28.2 Å². The minimum Gasteiger partial charge on any atom is -0.497 e. The van der Waals surface area contributed by atoms with Gasteiger partial charge in [0.25, 0.3) is 0 Å². The molecule has 2 rings (SSSR count). The van der Waals surface area contributed by atoms with Crippen LogP contribution in [-0.2, 0) is 0 Å². The Hall–Kier alpha value is -0.580. The van der Waals surface area contributed by atoms with Gasteiger partial charge < -0.3 is 10.1 Å². The van der Waals surface area contributed by atoms with E-state index in [9.17, 15) is 0 Å². The van der Waals surface area contributed by atoms with Gasteiger partial charge in [-0.25, -0.2) is 0 Å². The fraction of sp³-hybridized carbons (Fsp3) is 0.600. The zero-order valence-corrected chi connectivity index (χ0v) is 13.5. The van der Waals surface area contributed by atoms with Crippen LogP contribution in [0, 0.1) is 5.92 Å². The summed E-state index contributed by atoms with van der Waals surface area (Å²) >= 11 is 3.69. The van der Waals surface area contributed by atoms with E-state index in [2.05, 4.69) is 52.3 Å². The summed E-state index contributed by atoms with van der Waals surface area (Å²) in [5, 5.41) is 3.49. The van der Waals surface area contributed by atoms with Gasteiger partial charge in [0.1, 0.15) is 5.75 Å². The minimum absolute atomic E-state index is 0.462. The van der Waals surface area contributed by atoms with E-state index < -0.39 is 0 Å². The third-order valence-electron chi connectivity index (χ3n) is 3.95. The van der Waals surface area contributed by atoms with Gasteiger partial charge in [0.15, 0.2) is 0 Å². The van der Waals surface area contributed by atoms with E-state index in [-0.39, 0.29) is 0 Å². The molecule has 19 heavy (non-hydrogen) atoms. The molecule has 0 saturated carbocycles. The number of hydrogen-bond donors (Lipinski definition) is 1. The van der Waals surface area contributed by atoms with Crippen LogP contribution in [-0.4, -0.2) is 38.7 Å². The maximum absolute atomic E-state index is 5.37. The molecule has 0 spiro atoms. The first-order chi connectivity index (χ1) is 9.17. The van der Waals surface area contributed by atoms with Crippen LogP contribution in [0.5, 0.6) is 5.75 Å². The van der Waals surface area contributed by atoms with Gasteiger partial charge in [-0.2, -0.15) is 0 Å². The summed E-state index contributed by atoms with van der Waals surface area (Å²) in [6, 6.07) is 6.71. The van der Waals surface area contributed by atoms with Crippen molar-refractivity contribution in [2.45, 2.75) is 19.4 Å². The molecule has 0 aliphatic carbocycles. The van der Waals surface area contributed by atoms with Crippen LogP contribution < -0.4 is 10.1 Å². The summed E-state index contributed by atoms with van der Waals surface area (Å²) in [5.41, 5.74) is 1.34. The Bertz CT molecular complexity index is 425. The van der Waals surface area contributed by atoms with Crippen molar-refractivity contribution in [3.8, 4) is 5.75 Å². The van der Waals surface area contributed by atoms with E-state index in [1.807, 2.05) is 6.07 Å². The van der Waals surface area contributed by atoms with Crippen LogP contribution in [0.15, 0.2) is 22.7 Å². The van der Waals surface area contributed by atoms with Crippen molar-refractivity contribution >= 4 is 15.9 Å². The molecule has 3 nitrogen and oxygen atoms in total. The fourth-order valence-electron chi connectivity index (χ4n) is 2.94. The number of nitrogens with one attached hydrogen (secondary N) is 1. The molecule has 1 aliphatic rings. The molecule has 0 bridgehead atoms. The Morgan fingerprint density at radius 3 is 2.95 bits per heavy atom. The van der Waals surface area contributed by atoms with E-state index in [1.54, 1.807) is 7.11 Å². The molecule has 1 aromatic carbocycles. The molecule has 2 unspecified atom stereocenters. The van der Waals surface area contributed by atoms with E-state index in [0.717, 1.165) is 25.4 Å². The minimum atomic E-state index is 0.462. The third-order valence-corrected chi connectivity index (χ3v) is 4.67. The van der Waals surface area contributed by atoms with E-state index >= 15 is 0 Å². The van der Waals surface area contributed by atoms with Crippen LogP contribution in [0.4, 0.5) is 0 Å². The Labute approximate surface area is 124 Å². The second kappa shape index (κ2) is 6.73. The number of hydrogen-bond acceptors (Lipinski definition) is 3. The summed E-state index contributed by atoms with van der Waals surface area (Å²) in [6.07, 6.45) is 1.25. The van der Waals surface area contributed by atoms with Gasteiger partial charge in [-0.15, -0.1) is 0 Å². The lowest BCUT2D eigenvalue weighted by atomic mass is 9.93. The lowest BCUT2D eigenvalue weighted by Crippen LogP contribution is -2.28. The largest absolute Gasteiger partial charge is 0.497 e. The van der Waals surface area contributed by atoms with Crippen molar-refractivity contribution in [1.82, 2.24) is 10.2 Å². The molecule has 2 atom stereocenters. The van der Waals surface area contributed by atoms with Gasteiger partial charge in [0.2, 0.25) is 0 Å². The van der Waals surface area contributed by atoms with Gasteiger partial charge in [-0.3, -0.25) is 4.90 Å². The Balaban J connectivity index is 2.26. The van der Waals surface area contributed by atoms with Gasteiger partial charge in [0.05, 0.1) is 7.11 Å². The van der Waals surface area contributed by atoms with E-state index in [1.165, 1.54) is 16.5 Å². The predicted octanol–water partition coefficient (Wildman–Crippen LogP) is 3.06. The van der Waals surface area contributed by atoms with Crippen molar-refractivity contribution in [1.29, 1.82) is 0 Å². The first-order valence-corrected chi connectivity index (χ1v) is 7.71. The average Bonchev–Trinajstić information content (AvgIpc) is 2.78. The molecule has 1 saturated heterocycles. The Morgan fingerprint density at radius 1 is 1.47 bits per heavy atom. The maximum Gasteiger partial charge on any atom is 0.119 e. The second-order valence-electron chi connectivity index (χ2n) is 5.17. The highest BCUT2D eigenvalue weighted by atomic mass is 79.9. The normalized spacial score (nSPS) is 23.8. The van der Waals surface area contributed by atoms with Gasteiger partial charge in [-0.1, -0.05) is 22.9 Å². The van der Waals surface area contributed by atoms with E-state index in [4.69, 9.17) is 4.74 Å². The number of ether oxygens (including phenoxy) is 1. The van der Waals surface area contributed by atoms with E-state index in [0.29, 0.717) is 12.0 Å². The molecule has 1 aliphatic heterocycles. The predicted molar refractivity (Wildman–Crippen MR) is 82.7 cm³/mol. The fourth-order valence-corrected chi connectivity index (χ4v) is 3.42. The van der Waals surface area contributed by atoms with Crippen molar-refractivity contribution in [2.75, 3.05) is 33.8 Å². The summed E-state index contributed by atoms with van der Waals surface area (Å²) in [4.78, 5) is 2.45. The lowest BCUT2D eigenvalue weighted by molar-refractivity contribution is 0.271. The monoisotopic (exact) mass is 326 g/mol. The zero-order valence-electron chi connectivity index (χ0n) is 11.9. The highest BCUT2D eigenvalue weighted by Crippen LogP contribution is 2.40. The number of methoxy groups -OCH3 is 1. The molecule has 1 aromatic rings. The summed E-state index contributed by atoms with van der Waals surface area (Å²) in [5.74, 6) is 1.59. The summed E-state index contributed by atoms with van der Waals surface area (Å²) in [7, 11) is 3.93. The number of nitrogens with zero attached hydrogens (tertiary/aromatic N) is 1. The van der Waals surface area contributed by atoms with Crippen LogP contribution in [0.1, 0.15) is 24.9 Å². The molecule has 1 heterocycles. The van der Waals surface area contributed by atoms with Crippen molar-refractivity contribution < 1.29 is 4.74 Å². The van der Waals surface area contributed by atoms with Gasteiger partial charge in [-0.05, 0) is 62.8 Å². The third kappa shape index (κ3) is 3.30. The van der Waals surface area contributed by atoms with Gasteiger partial charge >= 0.3 is 0 Å².